The van der Waals surface area contributed by atoms with Crippen molar-refractivity contribution in [2.75, 3.05) is 12.5 Å². The van der Waals surface area contributed by atoms with Gasteiger partial charge < -0.3 is 9.72 Å². The molecule has 0 bridgehead atoms. The van der Waals surface area contributed by atoms with E-state index < -0.39 is 0 Å². The number of benzene rings is 2. The number of aromatic nitrogens is 6. The average molecular weight is 1060 g/mol. The van der Waals surface area contributed by atoms with E-state index in [-0.39, 0.29) is 30.6 Å². The molecule has 0 saturated carbocycles. The summed E-state index contributed by atoms with van der Waals surface area (Å²) in [5.41, 5.74) is 63.8. The van der Waals surface area contributed by atoms with Crippen LogP contribution in [0, 0.1) is 38.5 Å². The zero-order valence-electron chi connectivity index (χ0n) is 40.6. The first-order chi connectivity index (χ1) is 37.7. The first-order valence-corrected chi connectivity index (χ1v) is 23.9. The van der Waals surface area contributed by atoms with Crippen LogP contribution in [0.3, 0.4) is 0 Å². The number of pyridine rings is 2. The maximum absolute atomic E-state index is 12.9. The molecule has 368 valence electrons. The number of nitrogens with zero attached hydrogens (tertiary/aromatic N) is 5. The third-order valence-electron chi connectivity index (χ3n) is 9.04. The minimum atomic E-state index is -0.164. The van der Waals surface area contributed by atoms with Gasteiger partial charge in [-0.15, -0.1) is 47.1 Å². The summed E-state index contributed by atoms with van der Waals surface area (Å²) in [5.74, 6) is 5.55. The van der Waals surface area contributed by atoms with Crippen LogP contribution in [0.1, 0.15) is 18.6 Å². The van der Waals surface area contributed by atoms with E-state index in [0.717, 1.165) is 27.9 Å². The Morgan fingerprint density at radius 1 is 0.564 bits per heavy atom. The van der Waals surface area contributed by atoms with E-state index in [4.69, 9.17) is 22.8 Å². The molecule has 1 N–H and O–H groups in total. The number of hydrogen-bond acceptors (Lipinski definition) is 9. The van der Waals surface area contributed by atoms with Crippen molar-refractivity contribution in [3.8, 4) is 41.8 Å². The number of ether oxygens (including phenoxy) is 1. The number of terminal acetylenes is 2. The van der Waals surface area contributed by atoms with Crippen molar-refractivity contribution < 1.29 is 4.74 Å². The highest BCUT2D eigenvalue weighted by atomic mass is 35.5. The van der Waals surface area contributed by atoms with Gasteiger partial charge in [0.1, 0.15) is 55.1 Å². The smallest absolute Gasteiger partial charge is 0.275 e. The van der Waals surface area contributed by atoms with E-state index in [2.05, 4.69) is 189 Å². The lowest BCUT2D eigenvalue weighted by molar-refractivity contribution is 0.375. The lowest BCUT2D eigenvalue weighted by Crippen LogP contribution is -2.17. The number of hydrogen-bond donors (Lipinski definition) is 1. The fraction of sp³-hybridized carbons (Fsp3) is 0.0769. The zero-order valence-corrected chi connectivity index (χ0v) is 43.0. The number of fused-ring (bicyclic) bond motifs is 6. The predicted octanol–water partition coefficient (Wildman–Crippen LogP) is 11.9. The van der Waals surface area contributed by atoms with Crippen LogP contribution in [0.25, 0.3) is 52.2 Å². The van der Waals surface area contributed by atoms with Crippen LogP contribution in [0.4, 0.5) is 0 Å². The second-order valence-corrected chi connectivity index (χ2v) is 16.3. The van der Waals surface area contributed by atoms with Crippen LogP contribution in [0.2, 0.25) is 0 Å². The van der Waals surface area contributed by atoms with Gasteiger partial charge in [0.25, 0.3) is 11.1 Å². The molecule has 0 unspecified atom stereocenters. The van der Waals surface area contributed by atoms with E-state index >= 15 is 0 Å². The monoisotopic (exact) mass is 1060 g/mol. The molecule has 0 aliphatic carbocycles. The molecule has 8 aromatic rings. The zero-order chi connectivity index (χ0) is 55.0. The summed E-state index contributed by atoms with van der Waals surface area (Å²) in [5, 5.41) is 1.21. The van der Waals surface area contributed by atoms with Crippen LogP contribution >= 0.6 is 34.3 Å². The van der Waals surface area contributed by atoms with E-state index in [1.807, 2.05) is 62.4 Å². The number of alkyl halides is 1. The van der Waals surface area contributed by atoms with Crippen LogP contribution in [-0.2, 0) is 0 Å². The Balaban J connectivity index is 0.000000242. The van der Waals surface area contributed by atoms with Crippen molar-refractivity contribution >= 4 is 75.1 Å². The van der Waals surface area contributed by atoms with Gasteiger partial charge in [-0.25, -0.2) is 15.0 Å². The van der Waals surface area contributed by atoms with Crippen molar-refractivity contribution in [1.82, 2.24) is 29.1 Å². The third-order valence-corrected chi connectivity index (χ3v) is 11.4. The topological polar surface area (TPSA) is 125 Å². The highest BCUT2D eigenvalue weighted by Crippen LogP contribution is 2.35. The van der Waals surface area contributed by atoms with Crippen molar-refractivity contribution in [3.05, 3.63) is 278 Å². The van der Waals surface area contributed by atoms with Gasteiger partial charge in [-0.05, 0) is 149 Å². The first-order valence-electron chi connectivity index (χ1n) is 21.7. The van der Waals surface area contributed by atoms with Crippen molar-refractivity contribution in [3.63, 3.8) is 0 Å². The minimum absolute atomic E-state index is 0. The molecule has 6 heterocycles. The molecule has 0 spiro atoms. The van der Waals surface area contributed by atoms with Crippen molar-refractivity contribution in [2.45, 2.75) is 21.3 Å². The predicted molar refractivity (Wildman–Crippen MR) is 310 cm³/mol. The Labute approximate surface area is 460 Å². The summed E-state index contributed by atoms with van der Waals surface area (Å²) in [6.45, 7) is 10.8. The summed E-state index contributed by atoms with van der Waals surface area (Å²) in [7, 11) is 0. The summed E-state index contributed by atoms with van der Waals surface area (Å²) >= 11 is 7.52. The molecule has 6 aromatic heterocycles. The third kappa shape index (κ3) is 17.3. The van der Waals surface area contributed by atoms with Gasteiger partial charge in [0.15, 0.2) is 5.43 Å². The van der Waals surface area contributed by atoms with E-state index in [1.165, 1.54) is 39.6 Å². The molecule has 10 nitrogen and oxygen atoms in total. The maximum atomic E-state index is 12.9. The largest absolute Gasteiger partial charge is 0.480 e. The van der Waals surface area contributed by atoms with Gasteiger partial charge in [-0.3, -0.25) is 23.5 Å². The molecule has 0 amide bonds. The van der Waals surface area contributed by atoms with Gasteiger partial charge >= 0.3 is 0 Å². The molecule has 0 atom stereocenters. The molecule has 0 radical (unpaired) electrons. The fourth-order valence-corrected chi connectivity index (χ4v) is 7.94. The van der Waals surface area contributed by atoms with Crippen LogP contribution < -0.4 is 21.3 Å². The summed E-state index contributed by atoms with van der Waals surface area (Å²) in [6.07, 6.45) is 16.2. The Morgan fingerprint density at radius 3 is 1.36 bits per heavy atom. The van der Waals surface area contributed by atoms with Crippen molar-refractivity contribution in [2.24, 2.45) is 0 Å². The summed E-state index contributed by atoms with van der Waals surface area (Å²) in [4.78, 5) is 55.2. The second-order valence-electron chi connectivity index (χ2n) is 14.0. The minimum Gasteiger partial charge on any atom is -0.480 e. The standard InChI is InChI=1S/C26H4.C19H13N3O2S.C16H11N3O2S.C3H3Cl.CH4/c1-3-5-7-9-11-13-15-17-19-21-23-25-26-24-22-20-18-16-14-12-10-8-6-4-2;1-3-10-24-14-8-9-20-18-15(14)16-17(25-18)19(23)22(11-21-16)13-6-4-12(2)5-7-13;1-9-2-4-10(5-3-9)19-8-18-13-12-11(20)6-7-17-15(12)22-14(13)16(19)21;1-2-3-4;/h1-2H2;1,4-9,11H,10H2,2H3;2-8H,1H3,(H,17,20);1H,3H2;1H4. The molecular formula is C65H35ClN6O4S2. The number of H-pyrrole nitrogens is 1. The number of rotatable bonds is 4. The van der Waals surface area contributed by atoms with E-state index in [9.17, 15) is 14.4 Å². The molecular weight excluding hydrogens is 1030 g/mol. The number of aryl methyl sites for hydroxylation is 2. The molecule has 0 aliphatic rings. The van der Waals surface area contributed by atoms with Crippen LogP contribution in [-0.4, -0.2) is 41.6 Å². The Hall–Kier alpha value is -11.6. The fourth-order valence-electron chi connectivity index (χ4n) is 5.83. The van der Waals surface area contributed by atoms with Gasteiger partial charge in [0, 0.05) is 52.8 Å². The summed E-state index contributed by atoms with van der Waals surface area (Å²) in [6, 6.07) is 18.6. The molecule has 8 rings (SSSR count). The number of thiophene rings is 2. The van der Waals surface area contributed by atoms with Crippen LogP contribution in [0.5, 0.6) is 5.75 Å². The van der Waals surface area contributed by atoms with Gasteiger partial charge in [-0.2, -0.15) is 0 Å². The lowest BCUT2D eigenvalue weighted by atomic mass is 10.2. The number of nitrogens with one attached hydrogen (secondary N) is 1. The molecule has 0 aliphatic heterocycles. The van der Waals surface area contributed by atoms with Crippen LogP contribution in [0.15, 0.2) is 251 Å². The van der Waals surface area contributed by atoms with Crippen molar-refractivity contribution in [1.29, 1.82) is 0 Å². The average Bonchev–Trinajstić information content (AvgIpc) is 4.04. The maximum Gasteiger partial charge on any atom is 0.275 e. The number of halogens is 1. The quantitative estimate of drug-likeness (QED) is 0.106. The molecule has 0 fully saturated rings. The number of aromatic amines is 1. The van der Waals surface area contributed by atoms with Gasteiger partial charge in [0.05, 0.1) is 28.0 Å². The second kappa shape index (κ2) is 32.5. The Morgan fingerprint density at radius 2 is 0.962 bits per heavy atom. The molecule has 13 heteroatoms. The first kappa shape index (κ1) is 59.0. The Bertz CT molecular complexity index is 4780. The molecule has 0 saturated heterocycles. The summed E-state index contributed by atoms with van der Waals surface area (Å²) < 4.78 is 9.65. The highest BCUT2D eigenvalue weighted by molar-refractivity contribution is 7.25. The SMILES string of the molecule is C.C#CCCl.C#CCOc1ccnc2sc3c(=O)n(-c4ccc(C)cc4)cnc3c12.C=C=C=C=C=C=C=C=C=C=C=C=C=C=C=C=C=C=C=C=C=C=C=C=C=C.Cc1ccc(-n2cnc3c(sc4[nH]ccc(=O)c43)c2=O)cc1. The normalized spacial score (nSPS) is 8.22. The van der Waals surface area contributed by atoms with Gasteiger partial charge in [0.2, 0.25) is 0 Å². The lowest BCUT2D eigenvalue weighted by Gasteiger charge is -2.06. The van der Waals surface area contributed by atoms with E-state index in [0.29, 0.717) is 47.1 Å². The highest BCUT2D eigenvalue weighted by Gasteiger charge is 2.17. The Kier molecular flexibility index (Phi) is 24.6. The molecule has 78 heavy (non-hydrogen) atoms. The van der Waals surface area contributed by atoms with E-state index in [1.54, 1.807) is 29.4 Å². The van der Waals surface area contributed by atoms with Gasteiger partial charge in [-0.1, -0.05) is 66.1 Å². The molecule has 2 aromatic carbocycles.